The maximum Gasteiger partial charge on any atom is 0.218 e. The molecule has 0 bridgehead atoms. The van der Waals surface area contributed by atoms with Crippen molar-refractivity contribution < 1.29 is 14.2 Å². The summed E-state index contributed by atoms with van der Waals surface area (Å²) in [5.74, 6) is 2.33. The van der Waals surface area contributed by atoms with Gasteiger partial charge in [-0.25, -0.2) is 9.97 Å². The van der Waals surface area contributed by atoms with Crippen molar-refractivity contribution in [2.75, 3.05) is 38.3 Å². The van der Waals surface area contributed by atoms with Crippen LogP contribution < -0.4 is 9.64 Å². The molecule has 1 aromatic rings. The summed E-state index contributed by atoms with van der Waals surface area (Å²) in [7, 11) is 1.63. The number of piperidine rings is 1. The molecule has 2 atom stereocenters. The van der Waals surface area contributed by atoms with Crippen LogP contribution in [0, 0.1) is 5.92 Å². The standard InChI is InChI=1S/C17H25N3O3/c1-21-16-7-15(18-12-19-16)20-6-2-5-17(11-20)8-14(10-23-17)22-9-13-3-4-13/h7,12-14H,2-6,8-11H2,1H3/t14-,17-/m0/s1. The average Bonchev–Trinajstić information content (AvgIpc) is 3.35. The first kappa shape index (κ1) is 15.1. The molecule has 1 aromatic heterocycles. The van der Waals surface area contributed by atoms with E-state index in [0.717, 1.165) is 57.3 Å². The minimum Gasteiger partial charge on any atom is -0.481 e. The van der Waals surface area contributed by atoms with Crippen LogP contribution in [-0.4, -0.2) is 55.1 Å². The molecule has 0 amide bonds. The summed E-state index contributed by atoms with van der Waals surface area (Å²) in [6, 6.07) is 1.90. The van der Waals surface area contributed by atoms with Crippen LogP contribution in [0.1, 0.15) is 32.1 Å². The van der Waals surface area contributed by atoms with Crippen LogP contribution in [0.15, 0.2) is 12.4 Å². The van der Waals surface area contributed by atoms with Gasteiger partial charge >= 0.3 is 0 Å². The van der Waals surface area contributed by atoms with Crippen LogP contribution in [0.3, 0.4) is 0 Å². The fourth-order valence-electron chi connectivity index (χ4n) is 3.66. The molecule has 3 heterocycles. The minimum atomic E-state index is -0.0787. The van der Waals surface area contributed by atoms with Crippen LogP contribution in [0.25, 0.3) is 0 Å². The topological polar surface area (TPSA) is 56.7 Å². The molecule has 23 heavy (non-hydrogen) atoms. The van der Waals surface area contributed by atoms with Crippen molar-refractivity contribution in [1.29, 1.82) is 0 Å². The molecule has 4 rings (SSSR count). The van der Waals surface area contributed by atoms with E-state index in [2.05, 4.69) is 14.9 Å². The second-order valence-electron chi connectivity index (χ2n) is 7.04. The van der Waals surface area contributed by atoms with E-state index < -0.39 is 0 Å². The van der Waals surface area contributed by atoms with E-state index in [0.29, 0.717) is 5.88 Å². The van der Waals surface area contributed by atoms with Gasteiger partial charge in [-0.05, 0) is 31.6 Å². The molecule has 3 aliphatic rings. The third-order valence-corrected chi connectivity index (χ3v) is 5.14. The van der Waals surface area contributed by atoms with Gasteiger partial charge in [-0.1, -0.05) is 0 Å². The number of ether oxygens (including phenoxy) is 3. The van der Waals surface area contributed by atoms with E-state index in [9.17, 15) is 0 Å². The minimum absolute atomic E-state index is 0.0787. The highest BCUT2D eigenvalue weighted by Crippen LogP contribution is 2.38. The third kappa shape index (κ3) is 3.43. The second-order valence-corrected chi connectivity index (χ2v) is 7.04. The summed E-state index contributed by atoms with van der Waals surface area (Å²) < 4.78 is 17.5. The van der Waals surface area contributed by atoms with Crippen molar-refractivity contribution in [1.82, 2.24) is 9.97 Å². The molecule has 0 N–H and O–H groups in total. The van der Waals surface area contributed by atoms with E-state index in [1.165, 1.54) is 12.8 Å². The van der Waals surface area contributed by atoms with Crippen molar-refractivity contribution in [3.63, 3.8) is 0 Å². The SMILES string of the molecule is COc1cc(N2CCC[C@]3(C[C@H](OCC4CC4)CO3)C2)ncn1. The Morgan fingerprint density at radius 3 is 3.13 bits per heavy atom. The Balaban J connectivity index is 1.40. The summed E-state index contributed by atoms with van der Waals surface area (Å²) in [4.78, 5) is 10.8. The first-order valence-corrected chi connectivity index (χ1v) is 8.63. The Hall–Kier alpha value is -1.40. The predicted molar refractivity (Wildman–Crippen MR) is 85.8 cm³/mol. The maximum absolute atomic E-state index is 6.21. The first-order chi connectivity index (χ1) is 11.3. The van der Waals surface area contributed by atoms with Gasteiger partial charge in [0.05, 0.1) is 25.4 Å². The quantitative estimate of drug-likeness (QED) is 0.828. The summed E-state index contributed by atoms with van der Waals surface area (Å²) in [5, 5.41) is 0. The number of hydrogen-bond acceptors (Lipinski definition) is 6. The highest BCUT2D eigenvalue weighted by atomic mass is 16.6. The van der Waals surface area contributed by atoms with Crippen LogP contribution in [0.2, 0.25) is 0 Å². The Kier molecular flexibility index (Phi) is 4.11. The number of methoxy groups -OCH3 is 1. The number of nitrogens with zero attached hydrogens (tertiary/aromatic N) is 3. The summed E-state index contributed by atoms with van der Waals surface area (Å²) in [6.45, 7) is 3.51. The Morgan fingerprint density at radius 2 is 2.30 bits per heavy atom. The van der Waals surface area contributed by atoms with Gasteiger partial charge in [0.25, 0.3) is 0 Å². The van der Waals surface area contributed by atoms with Crippen LogP contribution in [0.4, 0.5) is 5.82 Å². The van der Waals surface area contributed by atoms with Gasteiger partial charge in [0, 0.05) is 32.2 Å². The molecule has 3 fully saturated rings. The van der Waals surface area contributed by atoms with E-state index in [-0.39, 0.29) is 11.7 Å². The zero-order valence-corrected chi connectivity index (χ0v) is 13.7. The Labute approximate surface area is 137 Å². The number of anilines is 1. The van der Waals surface area contributed by atoms with Crippen LogP contribution in [0.5, 0.6) is 5.88 Å². The van der Waals surface area contributed by atoms with E-state index >= 15 is 0 Å². The third-order valence-electron chi connectivity index (χ3n) is 5.14. The smallest absolute Gasteiger partial charge is 0.218 e. The first-order valence-electron chi connectivity index (χ1n) is 8.63. The van der Waals surface area contributed by atoms with Crippen molar-refractivity contribution in [2.45, 2.75) is 43.8 Å². The molecule has 0 radical (unpaired) electrons. The van der Waals surface area contributed by atoms with Crippen molar-refractivity contribution in [2.24, 2.45) is 5.92 Å². The molecule has 0 aromatic carbocycles. The van der Waals surface area contributed by atoms with E-state index in [1.54, 1.807) is 13.4 Å². The molecular weight excluding hydrogens is 294 g/mol. The fraction of sp³-hybridized carbons (Fsp3) is 0.765. The maximum atomic E-state index is 6.21. The molecule has 1 aliphatic carbocycles. The van der Waals surface area contributed by atoms with Gasteiger partial charge in [-0.3, -0.25) is 0 Å². The lowest BCUT2D eigenvalue weighted by molar-refractivity contribution is -0.0130. The van der Waals surface area contributed by atoms with Crippen molar-refractivity contribution in [3.8, 4) is 5.88 Å². The van der Waals surface area contributed by atoms with E-state index in [4.69, 9.17) is 14.2 Å². The van der Waals surface area contributed by atoms with Gasteiger partial charge in [-0.2, -0.15) is 0 Å². The summed E-state index contributed by atoms with van der Waals surface area (Å²) >= 11 is 0. The fourth-order valence-corrected chi connectivity index (χ4v) is 3.66. The lowest BCUT2D eigenvalue weighted by Gasteiger charge is -2.40. The largest absolute Gasteiger partial charge is 0.481 e. The zero-order chi connectivity index (χ0) is 15.7. The summed E-state index contributed by atoms with van der Waals surface area (Å²) in [6.07, 6.45) is 7.71. The van der Waals surface area contributed by atoms with Gasteiger partial charge in [0.1, 0.15) is 12.1 Å². The number of aromatic nitrogens is 2. The average molecular weight is 319 g/mol. The molecule has 2 aliphatic heterocycles. The zero-order valence-electron chi connectivity index (χ0n) is 13.7. The predicted octanol–water partition coefficient (Wildman–Crippen LogP) is 2.04. The molecule has 126 valence electrons. The molecule has 2 saturated heterocycles. The molecule has 0 unspecified atom stereocenters. The Morgan fingerprint density at radius 1 is 1.39 bits per heavy atom. The van der Waals surface area contributed by atoms with Crippen LogP contribution >= 0.6 is 0 Å². The van der Waals surface area contributed by atoms with Gasteiger partial charge < -0.3 is 19.1 Å². The van der Waals surface area contributed by atoms with Gasteiger partial charge in [-0.15, -0.1) is 0 Å². The second kappa shape index (κ2) is 6.24. The van der Waals surface area contributed by atoms with Crippen molar-refractivity contribution >= 4 is 5.82 Å². The van der Waals surface area contributed by atoms with Crippen LogP contribution in [-0.2, 0) is 9.47 Å². The van der Waals surface area contributed by atoms with E-state index in [1.807, 2.05) is 6.07 Å². The van der Waals surface area contributed by atoms with Crippen molar-refractivity contribution in [3.05, 3.63) is 12.4 Å². The number of hydrogen-bond donors (Lipinski definition) is 0. The monoisotopic (exact) mass is 319 g/mol. The summed E-state index contributed by atoms with van der Waals surface area (Å²) in [5.41, 5.74) is -0.0787. The highest BCUT2D eigenvalue weighted by Gasteiger charge is 2.44. The lowest BCUT2D eigenvalue weighted by atomic mass is 9.89. The highest BCUT2D eigenvalue weighted by molar-refractivity contribution is 5.42. The normalized spacial score (nSPS) is 30.8. The van der Waals surface area contributed by atoms with Gasteiger partial charge in [0.2, 0.25) is 5.88 Å². The number of rotatable bonds is 5. The lowest BCUT2D eigenvalue weighted by Crippen LogP contribution is -2.48. The molecule has 1 spiro atoms. The Bertz CT molecular complexity index is 552. The molecular formula is C17H25N3O3. The van der Waals surface area contributed by atoms with Gasteiger partial charge in [0.15, 0.2) is 0 Å². The molecule has 1 saturated carbocycles. The molecule has 6 nitrogen and oxygen atoms in total. The molecule has 6 heteroatoms.